The van der Waals surface area contributed by atoms with E-state index in [-0.39, 0.29) is 18.2 Å². The van der Waals surface area contributed by atoms with Gasteiger partial charge >= 0.3 is 0 Å². The fourth-order valence-corrected chi connectivity index (χ4v) is 3.74. The van der Waals surface area contributed by atoms with E-state index in [1.54, 1.807) is 42.5 Å². The van der Waals surface area contributed by atoms with Crippen LogP contribution in [0.4, 0.5) is 5.69 Å². The van der Waals surface area contributed by atoms with Crippen LogP contribution in [0.3, 0.4) is 0 Å². The van der Waals surface area contributed by atoms with Gasteiger partial charge in [-0.3, -0.25) is 14.6 Å². The molecule has 178 valence electrons. The first-order valence-electron chi connectivity index (χ1n) is 11.3. The lowest BCUT2D eigenvalue weighted by Gasteiger charge is -2.20. The van der Waals surface area contributed by atoms with Crippen molar-refractivity contribution in [2.45, 2.75) is 12.6 Å². The van der Waals surface area contributed by atoms with Gasteiger partial charge in [-0.2, -0.15) is 0 Å². The molecule has 0 unspecified atom stereocenters. The Morgan fingerprint density at radius 1 is 1.11 bits per heavy atom. The Kier molecular flexibility index (Phi) is 6.40. The van der Waals surface area contributed by atoms with Crippen molar-refractivity contribution in [1.29, 1.82) is 0 Å². The molecule has 9 heteroatoms. The van der Waals surface area contributed by atoms with Gasteiger partial charge in [0, 0.05) is 30.6 Å². The van der Waals surface area contributed by atoms with Gasteiger partial charge in [-0.1, -0.05) is 47.4 Å². The molecule has 2 aromatic carbocycles. The van der Waals surface area contributed by atoms with Gasteiger partial charge in [0.2, 0.25) is 0 Å². The molecular weight excluding hydrogens is 456 g/mol. The predicted molar refractivity (Wildman–Crippen MR) is 132 cm³/mol. The average molecular weight is 479 g/mol. The summed E-state index contributed by atoms with van der Waals surface area (Å²) in [6, 6.07) is 17.9. The Hall–Kier alpha value is -4.97. The molecule has 0 aliphatic carbocycles. The zero-order chi connectivity index (χ0) is 24.9. The van der Waals surface area contributed by atoms with Crippen molar-refractivity contribution in [1.82, 2.24) is 25.3 Å². The maximum Gasteiger partial charge on any atom is 0.274 e. The molecule has 0 spiro atoms. The van der Waals surface area contributed by atoms with Crippen molar-refractivity contribution in [3.05, 3.63) is 102 Å². The first-order chi connectivity index (χ1) is 17.6. The molecule has 0 saturated heterocycles. The van der Waals surface area contributed by atoms with Crippen molar-refractivity contribution in [2.24, 2.45) is 0 Å². The first kappa shape index (κ1) is 22.8. The van der Waals surface area contributed by atoms with Crippen LogP contribution < -0.4 is 15.0 Å². The summed E-state index contributed by atoms with van der Waals surface area (Å²) in [6.45, 7) is 0.470. The fourth-order valence-electron chi connectivity index (χ4n) is 3.74. The molecule has 1 atom stereocenters. The number of amides is 2. The number of carbonyl (C=O) groups excluding carboxylic acids is 2. The van der Waals surface area contributed by atoms with Crippen LogP contribution in [-0.4, -0.2) is 51.5 Å². The quantitative estimate of drug-likeness (QED) is 0.452. The highest BCUT2D eigenvalue weighted by Crippen LogP contribution is 2.31. The van der Waals surface area contributed by atoms with E-state index in [0.717, 1.165) is 16.7 Å². The summed E-state index contributed by atoms with van der Waals surface area (Å²) in [6.07, 6.45) is 4.92. The van der Waals surface area contributed by atoms with Gasteiger partial charge in [-0.05, 0) is 35.9 Å². The van der Waals surface area contributed by atoms with Gasteiger partial charge in [-0.15, -0.1) is 5.10 Å². The molecule has 9 nitrogen and oxygen atoms in total. The highest BCUT2D eigenvalue weighted by atomic mass is 16.5. The zero-order valence-electron chi connectivity index (χ0n) is 19.5. The van der Waals surface area contributed by atoms with Gasteiger partial charge in [0.25, 0.3) is 11.8 Å². The van der Waals surface area contributed by atoms with Crippen molar-refractivity contribution in [3.8, 4) is 17.6 Å². The highest BCUT2D eigenvalue weighted by molar-refractivity contribution is 6.02. The number of anilines is 1. The number of likely N-dealkylation sites (N-methyl/N-ethyl adjacent to an activating group) is 1. The van der Waals surface area contributed by atoms with Crippen molar-refractivity contribution < 1.29 is 14.3 Å². The Bertz CT molecular complexity index is 1460. The molecule has 1 N–H and O–H groups in total. The highest BCUT2D eigenvalue weighted by Gasteiger charge is 2.31. The largest absolute Gasteiger partial charge is 0.489 e. The minimum absolute atomic E-state index is 0.0131. The number of pyridine rings is 1. The van der Waals surface area contributed by atoms with Crippen LogP contribution in [0.15, 0.2) is 79.3 Å². The summed E-state index contributed by atoms with van der Waals surface area (Å²) >= 11 is 0. The Labute approximate surface area is 207 Å². The van der Waals surface area contributed by atoms with Gasteiger partial charge in [0.05, 0.1) is 18.4 Å². The van der Waals surface area contributed by atoms with Crippen LogP contribution in [0.1, 0.15) is 27.2 Å². The Morgan fingerprint density at radius 3 is 2.75 bits per heavy atom. The Morgan fingerprint density at radius 2 is 1.94 bits per heavy atom. The van der Waals surface area contributed by atoms with Crippen LogP contribution in [0.25, 0.3) is 0 Å². The van der Waals surface area contributed by atoms with Crippen LogP contribution in [-0.2, 0) is 11.3 Å². The number of hydrogen-bond acceptors (Lipinski definition) is 6. The van der Waals surface area contributed by atoms with Crippen molar-refractivity contribution >= 4 is 17.5 Å². The van der Waals surface area contributed by atoms with Crippen molar-refractivity contribution in [2.75, 3.05) is 18.6 Å². The van der Waals surface area contributed by atoms with E-state index in [0.29, 0.717) is 18.0 Å². The summed E-state index contributed by atoms with van der Waals surface area (Å²) in [5, 5.41) is 10.7. The number of benzene rings is 2. The summed E-state index contributed by atoms with van der Waals surface area (Å²) in [7, 11) is 1.64. The smallest absolute Gasteiger partial charge is 0.274 e. The molecule has 0 bridgehead atoms. The second kappa shape index (κ2) is 10.1. The first-order valence-corrected chi connectivity index (χ1v) is 11.3. The number of nitrogens with zero attached hydrogens (tertiary/aromatic N) is 5. The molecule has 2 amide bonds. The molecule has 3 heterocycles. The Balaban J connectivity index is 1.28. The molecule has 5 rings (SSSR count). The maximum absolute atomic E-state index is 13.2. The van der Waals surface area contributed by atoms with Crippen LogP contribution in [0, 0.1) is 11.8 Å². The molecular formula is C27H22N6O3. The fraction of sp³-hybridized carbons (Fsp3) is 0.148. The summed E-state index contributed by atoms with van der Waals surface area (Å²) < 4.78 is 7.44. The summed E-state index contributed by atoms with van der Waals surface area (Å²) in [4.78, 5) is 31.5. The predicted octanol–water partition coefficient (Wildman–Crippen LogP) is 2.27. The standard InChI is InChI=1S/C27H22N6O3/c1-32-24-14-19(9-10-20-8-5-13-28-15-20)11-12-25(24)36-18-23(27(32)35)29-26(34)22-17-33(31-30-22)16-21-6-3-2-4-7-21/h2-8,11-15,17,23H,16,18H2,1H3,(H,29,34)/t23-/m0/s1. The number of rotatable bonds is 4. The van der Waals surface area contributed by atoms with Gasteiger partial charge in [0.15, 0.2) is 5.69 Å². The average Bonchev–Trinajstić information content (AvgIpc) is 3.35. The van der Waals surface area contributed by atoms with E-state index >= 15 is 0 Å². The third-order valence-corrected chi connectivity index (χ3v) is 5.63. The molecule has 36 heavy (non-hydrogen) atoms. The van der Waals surface area contributed by atoms with Crippen molar-refractivity contribution in [3.63, 3.8) is 0 Å². The number of hydrogen-bond donors (Lipinski definition) is 1. The third kappa shape index (κ3) is 5.08. The van der Waals surface area contributed by atoms with Crippen LogP contribution in [0.2, 0.25) is 0 Å². The lowest BCUT2D eigenvalue weighted by molar-refractivity contribution is -0.120. The van der Waals surface area contributed by atoms with E-state index in [1.807, 2.05) is 48.5 Å². The van der Waals surface area contributed by atoms with Crippen LogP contribution >= 0.6 is 0 Å². The molecule has 1 aliphatic rings. The number of nitrogens with one attached hydrogen (secondary N) is 1. The molecule has 1 aliphatic heterocycles. The van der Waals surface area contributed by atoms with Gasteiger partial charge in [0.1, 0.15) is 18.4 Å². The monoisotopic (exact) mass is 478 g/mol. The van der Waals surface area contributed by atoms with Gasteiger partial charge in [-0.25, -0.2) is 4.68 Å². The summed E-state index contributed by atoms with van der Waals surface area (Å²) in [5.41, 5.74) is 3.24. The second-order valence-electron chi connectivity index (χ2n) is 8.20. The summed E-state index contributed by atoms with van der Waals surface area (Å²) in [5.74, 6) is 5.85. The number of carbonyl (C=O) groups is 2. The third-order valence-electron chi connectivity index (χ3n) is 5.63. The topological polar surface area (TPSA) is 102 Å². The normalized spacial score (nSPS) is 14.6. The second-order valence-corrected chi connectivity index (χ2v) is 8.20. The van der Waals surface area contributed by atoms with Crippen LogP contribution in [0.5, 0.6) is 5.75 Å². The lowest BCUT2D eigenvalue weighted by Crippen LogP contribution is -2.49. The lowest BCUT2D eigenvalue weighted by atomic mass is 10.1. The zero-order valence-corrected chi connectivity index (χ0v) is 19.5. The number of ether oxygens (including phenoxy) is 1. The van der Waals surface area contributed by atoms with E-state index in [2.05, 4.69) is 32.5 Å². The molecule has 0 saturated carbocycles. The SMILES string of the molecule is CN1C(=O)[C@@H](NC(=O)c2cn(Cc3ccccc3)nn2)COc2ccc(C#Cc3cccnc3)cc21. The number of fused-ring (bicyclic) bond motifs is 1. The molecule has 0 radical (unpaired) electrons. The molecule has 0 fully saturated rings. The molecule has 2 aromatic heterocycles. The van der Waals surface area contributed by atoms with Gasteiger partial charge < -0.3 is 15.0 Å². The van der Waals surface area contributed by atoms with E-state index < -0.39 is 11.9 Å². The van der Waals surface area contributed by atoms with E-state index in [4.69, 9.17) is 4.74 Å². The van der Waals surface area contributed by atoms with E-state index in [9.17, 15) is 9.59 Å². The maximum atomic E-state index is 13.2. The van der Waals surface area contributed by atoms with E-state index in [1.165, 1.54) is 4.90 Å². The number of aromatic nitrogens is 4. The minimum Gasteiger partial charge on any atom is -0.489 e. The minimum atomic E-state index is -0.890. The molecule has 4 aromatic rings.